The van der Waals surface area contributed by atoms with Gasteiger partial charge in [0.2, 0.25) is 0 Å². The Balaban J connectivity index is 3.12. The van der Waals surface area contributed by atoms with Crippen molar-refractivity contribution in [1.82, 2.24) is 0 Å². The van der Waals surface area contributed by atoms with E-state index in [1.165, 1.54) is 11.0 Å². The van der Waals surface area contributed by atoms with Crippen LogP contribution in [0.25, 0.3) is 0 Å². The number of phenolic OH excluding ortho intramolecular Hbond substituents is 1. The molecule has 2 amide bonds. The number of para-hydroxylation sites is 2. The van der Waals surface area contributed by atoms with Crippen LogP contribution < -0.4 is 10.6 Å². The number of urea groups is 1. The molecule has 0 aliphatic heterocycles. The number of nitrogens with two attached hydrogens (primary N) is 1. The zero-order chi connectivity index (χ0) is 10.7. The summed E-state index contributed by atoms with van der Waals surface area (Å²) in [5, 5.41) is 9.53. The summed E-state index contributed by atoms with van der Waals surface area (Å²) in [4.78, 5) is 12.5. The molecule has 1 aromatic rings. The third kappa shape index (κ3) is 1.96. The van der Waals surface area contributed by atoms with Crippen molar-refractivity contribution in [3.8, 4) is 5.75 Å². The molecular weight excluding hydrogens is 180 g/mol. The number of carbonyl (C=O) groups is 1. The molecule has 14 heavy (non-hydrogen) atoms. The maximum atomic E-state index is 11.1. The Kier molecular flexibility index (Phi) is 2.96. The Bertz CT molecular complexity index is 337. The topological polar surface area (TPSA) is 66.6 Å². The molecule has 0 spiro atoms. The number of benzene rings is 1. The van der Waals surface area contributed by atoms with Crippen LogP contribution in [0, 0.1) is 0 Å². The van der Waals surface area contributed by atoms with Gasteiger partial charge >= 0.3 is 6.03 Å². The molecule has 0 fully saturated rings. The molecule has 4 nitrogen and oxygen atoms in total. The van der Waals surface area contributed by atoms with E-state index in [4.69, 9.17) is 5.73 Å². The van der Waals surface area contributed by atoms with Crippen LogP contribution in [0.4, 0.5) is 10.5 Å². The molecule has 0 radical (unpaired) electrons. The van der Waals surface area contributed by atoms with Crippen LogP contribution in [0.5, 0.6) is 5.75 Å². The lowest BCUT2D eigenvalue weighted by Crippen LogP contribution is -2.40. The number of phenols is 1. The molecular formula is C10H14N2O2. The summed E-state index contributed by atoms with van der Waals surface area (Å²) in [7, 11) is 0. The van der Waals surface area contributed by atoms with Gasteiger partial charge in [0, 0.05) is 6.04 Å². The first-order valence-electron chi connectivity index (χ1n) is 4.40. The number of hydrogen-bond acceptors (Lipinski definition) is 2. The molecule has 0 saturated heterocycles. The predicted octanol–water partition coefficient (Wildman–Crippen LogP) is 1.69. The number of rotatable bonds is 2. The number of amides is 2. The van der Waals surface area contributed by atoms with Gasteiger partial charge in [0.1, 0.15) is 5.75 Å². The SMILES string of the molecule is CC(C)N(C(N)=O)c1ccccc1O. The number of hydrogen-bond donors (Lipinski definition) is 2. The minimum atomic E-state index is -0.568. The minimum Gasteiger partial charge on any atom is -0.506 e. The second-order valence-corrected chi connectivity index (χ2v) is 3.29. The smallest absolute Gasteiger partial charge is 0.319 e. The van der Waals surface area contributed by atoms with Gasteiger partial charge in [0.25, 0.3) is 0 Å². The fraction of sp³-hybridized carbons (Fsp3) is 0.300. The molecule has 0 atom stereocenters. The first-order valence-corrected chi connectivity index (χ1v) is 4.40. The monoisotopic (exact) mass is 194 g/mol. The molecule has 0 aliphatic rings. The lowest BCUT2D eigenvalue weighted by atomic mass is 10.2. The Morgan fingerprint density at radius 2 is 2.00 bits per heavy atom. The summed E-state index contributed by atoms with van der Waals surface area (Å²) in [5.74, 6) is 0.0556. The maximum Gasteiger partial charge on any atom is 0.319 e. The van der Waals surface area contributed by atoms with E-state index < -0.39 is 6.03 Å². The molecule has 76 valence electrons. The van der Waals surface area contributed by atoms with Crippen molar-refractivity contribution in [2.45, 2.75) is 19.9 Å². The van der Waals surface area contributed by atoms with Gasteiger partial charge < -0.3 is 10.8 Å². The normalized spacial score (nSPS) is 10.2. The third-order valence-corrected chi connectivity index (χ3v) is 1.90. The largest absolute Gasteiger partial charge is 0.506 e. The molecule has 1 aromatic carbocycles. The van der Waals surface area contributed by atoms with Crippen molar-refractivity contribution in [3.05, 3.63) is 24.3 Å². The second-order valence-electron chi connectivity index (χ2n) is 3.29. The summed E-state index contributed by atoms with van der Waals surface area (Å²) < 4.78 is 0. The van der Waals surface area contributed by atoms with Crippen molar-refractivity contribution in [3.63, 3.8) is 0 Å². The number of aromatic hydroxyl groups is 1. The van der Waals surface area contributed by atoms with Gasteiger partial charge in [-0.3, -0.25) is 4.90 Å². The quantitative estimate of drug-likeness (QED) is 0.752. The van der Waals surface area contributed by atoms with E-state index in [-0.39, 0.29) is 11.8 Å². The highest BCUT2D eigenvalue weighted by atomic mass is 16.3. The first-order chi connectivity index (χ1) is 6.54. The van der Waals surface area contributed by atoms with E-state index >= 15 is 0 Å². The number of nitrogens with zero attached hydrogens (tertiary/aromatic N) is 1. The zero-order valence-electron chi connectivity index (χ0n) is 8.27. The number of primary amides is 1. The highest BCUT2D eigenvalue weighted by Gasteiger charge is 2.18. The molecule has 0 aliphatic carbocycles. The second kappa shape index (κ2) is 4.00. The van der Waals surface area contributed by atoms with Gasteiger partial charge in [0.05, 0.1) is 5.69 Å². The number of carbonyl (C=O) groups excluding carboxylic acids is 1. The van der Waals surface area contributed by atoms with Gasteiger partial charge in [0.15, 0.2) is 0 Å². The molecule has 0 heterocycles. The maximum absolute atomic E-state index is 11.1. The number of anilines is 1. The summed E-state index contributed by atoms with van der Waals surface area (Å²) in [6.45, 7) is 3.66. The predicted molar refractivity (Wildman–Crippen MR) is 55.3 cm³/mol. The van der Waals surface area contributed by atoms with E-state index in [2.05, 4.69) is 0 Å². The van der Waals surface area contributed by atoms with Crippen molar-refractivity contribution in [2.24, 2.45) is 5.73 Å². The molecule has 0 saturated carbocycles. The van der Waals surface area contributed by atoms with Crippen LogP contribution >= 0.6 is 0 Å². The minimum absolute atomic E-state index is 0.0556. The summed E-state index contributed by atoms with van der Waals surface area (Å²) in [5.41, 5.74) is 5.65. The van der Waals surface area contributed by atoms with Crippen molar-refractivity contribution < 1.29 is 9.90 Å². The summed E-state index contributed by atoms with van der Waals surface area (Å²) in [6, 6.07) is 5.96. The highest BCUT2D eigenvalue weighted by Crippen LogP contribution is 2.27. The zero-order valence-corrected chi connectivity index (χ0v) is 8.27. The Morgan fingerprint density at radius 3 is 2.43 bits per heavy atom. The standard InChI is InChI=1S/C10H14N2O2/c1-7(2)12(10(11)14)8-5-3-4-6-9(8)13/h3-7,13H,1-2H3,(H2,11,14). The average molecular weight is 194 g/mol. The molecule has 0 unspecified atom stereocenters. The molecule has 3 N–H and O–H groups in total. The molecule has 0 bridgehead atoms. The first kappa shape index (κ1) is 10.4. The van der Waals surface area contributed by atoms with Crippen LogP contribution in [-0.2, 0) is 0 Å². The van der Waals surface area contributed by atoms with Gasteiger partial charge in [-0.2, -0.15) is 0 Å². The van der Waals surface area contributed by atoms with Crippen molar-refractivity contribution >= 4 is 11.7 Å². The Morgan fingerprint density at radius 1 is 1.43 bits per heavy atom. The van der Waals surface area contributed by atoms with Crippen LogP contribution in [-0.4, -0.2) is 17.2 Å². The third-order valence-electron chi connectivity index (χ3n) is 1.90. The fourth-order valence-electron chi connectivity index (χ4n) is 1.32. The van der Waals surface area contributed by atoms with Gasteiger partial charge in [-0.25, -0.2) is 4.79 Å². The fourth-order valence-corrected chi connectivity index (χ4v) is 1.32. The van der Waals surface area contributed by atoms with E-state index in [0.29, 0.717) is 5.69 Å². The highest BCUT2D eigenvalue weighted by molar-refractivity contribution is 5.92. The van der Waals surface area contributed by atoms with Crippen LogP contribution in [0.2, 0.25) is 0 Å². The van der Waals surface area contributed by atoms with E-state index in [0.717, 1.165) is 0 Å². The summed E-state index contributed by atoms with van der Waals surface area (Å²) in [6.07, 6.45) is 0. The lowest BCUT2D eigenvalue weighted by molar-refractivity contribution is 0.252. The Labute approximate surface area is 82.9 Å². The lowest BCUT2D eigenvalue weighted by Gasteiger charge is -2.25. The average Bonchev–Trinajstić information content (AvgIpc) is 2.07. The molecule has 1 rings (SSSR count). The van der Waals surface area contributed by atoms with Gasteiger partial charge in [-0.05, 0) is 26.0 Å². The van der Waals surface area contributed by atoms with Gasteiger partial charge in [-0.15, -0.1) is 0 Å². The molecule has 4 heteroatoms. The summed E-state index contributed by atoms with van der Waals surface area (Å²) >= 11 is 0. The van der Waals surface area contributed by atoms with Crippen molar-refractivity contribution in [2.75, 3.05) is 4.90 Å². The van der Waals surface area contributed by atoms with E-state index in [1.54, 1.807) is 18.2 Å². The van der Waals surface area contributed by atoms with Crippen LogP contribution in [0.3, 0.4) is 0 Å². The van der Waals surface area contributed by atoms with Crippen LogP contribution in [0.15, 0.2) is 24.3 Å². The molecule has 0 aromatic heterocycles. The van der Waals surface area contributed by atoms with Crippen LogP contribution in [0.1, 0.15) is 13.8 Å². The van der Waals surface area contributed by atoms with Gasteiger partial charge in [-0.1, -0.05) is 12.1 Å². The Hall–Kier alpha value is -1.71. The van der Waals surface area contributed by atoms with Crippen molar-refractivity contribution in [1.29, 1.82) is 0 Å². The van der Waals surface area contributed by atoms with E-state index in [9.17, 15) is 9.90 Å². The van der Waals surface area contributed by atoms with E-state index in [1.807, 2.05) is 13.8 Å².